The highest BCUT2D eigenvalue weighted by Crippen LogP contribution is 2.25. The third-order valence-electron chi connectivity index (χ3n) is 3.36. The fraction of sp³-hybridized carbons (Fsp3) is 0.188. The lowest BCUT2D eigenvalue weighted by Gasteiger charge is -2.16. The average Bonchev–Trinajstić information content (AvgIpc) is 2.59. The molecule has 2 aromatic heterocycles. The van der Waals surface area contributed by atoms with E-state index in [0.717, 1.165) is 0 Å². The van der Waals surface area contributed by atoms with Crippen molar-refractivity contribution in [3.8, 4) is 11.4 Å². The molecule has 5 nitrogen and oxygen atoms in total. The number of rotatable bonds is 4. The van der Waals surface area contributed by atoms with Gasteiger partial charge in [-0.3, -0.25) is 4.98 Å². The van der Waals surface area contributed by atoms with Gasteiger partial charge in [0.15, 0.2) is 11.9 Å². The summed E-state index contributed by atoms with van der Waals surface area (Å²) in [5.41, 5.74) is 1.22. The fourth-order valence-corrected chi connectivity index (χ4v) is 2.14. The number of pyridine rings is 1. The van der Waals surface area contributed by atoms with Crippen molar-refractivity contribution in [3.63, 3.8) is 0 Å². The maximum absolute atomic E-state index is 12.5. The Balaban J connectivity index is 1.99. The molecule has 0 saturated heterocycles. The normalized spacial score (nSPS) is 13.0. The van der Waals surface area contributed by atoms with Gasteiger partial charge in [0.2, 0.25) is 0 Å². The Morgan fingerprint density at radius 3 is 2.58 bits per heavy atom. The second-order valence-electron chi connectivity index (χ2n) is 5.09. The number of nitrogens with one attached hydrogen (secondary N) is 1. The van der Waals surface area contributed by atoms with Crippen LogP contribution in [-0.2, 0) is 0 Å². The highest BCUT2D eigenvalue weighted by atomic mass is 19.4. The smallest absolute Gasteiger partial charge is 0.382 e. The van der Waals surface area contributed by atoms with Gasteiger partial charge in [0.05, 0.1) is 12.1 Å². The molecule has 2 N–H and O–H groups in total. The molecule has 124 valence electrons. The van der Waals surface area contributed by atoms with Crippen LogP contribution in [0.15, 0.2) is 48.8 Å². The van der Waals surface area contributed by atoms with E-state index in [2.05, 4.69) is 20.3 Å². The number of aromatic nitrogens is 3. The first-order valence-electron chi connectivity index (χ1n) is 7.11. The first-order valence-corrected chi connectivity index (χ1v) is 7.11. The number of fused-ring (bicyclic) bond motifs is 1. The van der Waals surface area contributed by atoms with Crippen molar-refractivity contribution in [1.29, 1.82) is 0 Å². The van der Waals surface area contributed by atoms with E-state index >= 15 is 0 Å². The van der Waals surface area contributed by atoms with Crippen LogP contribution in [0.3, 0.4) is 0 Å². The molecule has 3 aromatic rings. The Hall–Kier alpha value is -2.74. The lowest BCUT2D eigenvalue weighted by atomic mass is 10.2. The Kier molecular flexibility index (Phi) is 4.30. The molecular weight excluding hydrogens is 321 g/mol. The number of hydrogen-bond acceptors (Lipinski definition) is 5. The molecular formula is C16H13F3N4O. The minimum absolute atomic E-state index is 0.225. The zero-order valence-electron chi connectivity index (χ0n) is 12.3. The Bertz CT molecular complexity index is 840. The van der Waals surface area contributed by atoms with Crippen LogP contribution in [0.2, 0.25) is 0 Å². The number of anilines is 1. The number of benzene rings is 1. The van der Waals surface area contributed by atoms with Crippen molar-refractivity contribution < 1.29 is 18.3 Å². The molecule has 3 rings (SSSR count). The fourth-order valence-electron chi connectivity index (χ4n) is 2.14. The Morgan fingerprint density at radius 2 is 1.88 bits per heavy atom. The number of hydrogen-bond donors (Lipinski definition) is 2. The van der Waals surface area contributed by atoms with Gasteiger partial charge in [0.1, 0.15) is 5.82 Å². The number of nitrogens with zero attached hydrogens (tertiary/aromatic N) is 3. The molecule has 1 aromatic carbocycles. The highest BCUT2D eigenvalue weighted by Gasteiger charge is 2.38. The molecule has 0 aliphatic heterocycles. The molecule has 0 spiro atoms. The zero-order chi connectivity index (χ0) is 17.2. The number of halogens is 3. The van der Waals surface area contributed by atoms with Gasteiger partial charge < -0.3 is 10.4 Å². The number of para-hydroxylation sites is 1. The van der Waals surface area contributed by atoms with Gasteiger partial charge in [-0.05, 0) is 24.3 Å². The molecule has 8 heteroatoms. The standard InChI is InChI=1S/C16H13F3N4O/c17-16(18,19)13(24)9-21-15-11-5-1-2-6-12(11)22-14(23-15)10-4-3-7-20-8-10/h1-8,13,24H,9H2,(H,21,22,23)/t13-/m1/s1. The van der Waals surface area contributed by atoms with Gasteiger partial charge in [-0.15, -0.1) is 0 Å². The summed E-state index contributed by atoms with van der Waals surface area (Å²) in [5, 5.41) is 12.3. The van der Waals surface area contributed by atoms with Crippen molar-refractivity contribution >= 4 is 16.7 Å². The second-order valence-corrected chi connectivity index (χ2v) is 5.09. The van der Waals surface area contributed by atoms with E-state index in [4.69, 9.17) is 5.11 Å². The molecule has 0 aliphatic rings. The van der Waals surface area contributed by atoms with Crippen LogP contribution >= 0.6 is 0 Å². The van der Waals surface area contributed by atoms with Gasteiger partial charge in [-0.1, -0.05) is 12.1 Å². The summed E-state index contributed by atoms with van der Waals surface area (Å²) in [5.74, 6) is 0.563. The van der Waals surface area contributed by atoms with E-state index in [-0.39, 0.29) is 5.82 Å². The van der Waals surface area contributed by atoms with E-state index in [1.54, 1.807) is 48.8 Å². The largest absolute Gasteiger partial charge is 0.416 e. The number of aliphatic hydroxyl groups excluding tert-OH is 1. The van der Waals surface area contributed by atoms with Crippen LogP contribution in [0.5, 0.6) is 0 Å². The number of alkyl halides is 3. The molecule has 0 unspecified atom stereocenters. The monoisotopic (exact) mass is 334 g/mol. The Labute approximate surface area is 135 Å². The minimum Gasteiger partial charge on any atom is -0.382 e. The highest BCUT2D eigenvalue weighted by molar-refractivity contribution is 5.90. The lowest BCUT2D eigenvalue weighted by molar-refractivity contribution is -0.198. The second kappa shape index (κ2) is 6.40. The average molecular weight is 334 g/mol. The first kappa shape index (κ1) is 16.1. The van der Waals surface area contributed by atoms with Gasteiger partial charge in [-0.25, -0.2) is 9.97 Å². The molecule has 0 bridgehead atoms. The molecule has 0 fully saturated rings. The molecule has 0 radical (unpaired) electrons. The summed E-state index contributed by atoms with van der Waals surface area (Å²) >= 11 is 0. The van der Waals surface area contributed by atoms with Crippen molar-refractivity contribution in [3.05, 3.63) is 48.8 Å². The SMILES string of the molecule is O[C@H](CNc1nc(-c2cccnc2)nc2ccccc12)C(F)(F)F. The molecule has 1 atom stereocenters. The topological polar surface area (TPSA) is 70.9 Å². The number of aliphatic hydroxyl groups is 1. The maximum Gasteiger partial charge on any atom is 0.416 e. The van der Waals surface area contributed by atoms with Crippen LogP contribution in [0.4, 0.5) is 19.0 Å². The van der Waals surface area contributed by atoms with Gasteiger partial charge in [0.25, 0.3) is 0 Å². The summed E-state index contributed by atoms with van der Waals surface area (Å²) < 4.78 is 37.4. The quantitative estimate of drug-likeness (QED) is 0.767. The summed E-state index contributed by atoms with van der Waals surface area (Å²) in [6.07, 6.45) is -4.00. The van der Waals surface area contributed by atoms with Gasteiger partial charge in [-0.2, -0.15) is 13.2 Å². The van der Waals surface area contributed by atoms with E-state index in [0.29, 0.717) is 22.3 Å². The zero-order valence-corrected chi connectivity index (χ0v) is 12.3. The predicted molar refractivity (Wildman–Crippen MR) is 83.3 cm³/mol. The Morgan fingerprint density at radius 1 is 1.08 bits per heavy atom. The van der Waals surface area contributed by atoms with Gasteiger partial charge in [0, 0.05) is 23.3 Å². The van der Waals surface area contributed by atoms with Crippen LogP contribution < -0.4 is 5.32 Å². The van der Waals surface area contributed by atoms with Crippen LogP contribution in [0.1, 0.15) is 0 Å². The van der Waals surface area contributed by atoms with E-state index < -0.39 is 18.8 Å². The molecule has 24 heavy (non-hydrogen) atoms. The molecule has 0 amide bonds. The molecule has 0 aliphatic carbocycles. The van der Waals surface area contributed by atoms with Crippen LogP contribution in [0.25, 0.3) is 22.3 Å². The summed E-state index contributed by atoms with van der Waals surface area (Å²) in [7, 11) is 0. The molecule has 2 heterocycles. The summed E-state index contributed by atoms with van der Waals surface area (Å²) in [6.45, 7) is -0.697. The van der Waals surface area contributed by atoms with E-state index in [1.165, 1.54) is 0 Å². The van der Waals surface area contributed by atoms with Crippen molar-refractivity contribution in [1.82, 2.24) is 15.0 Å². The van der Waals surface area contributed by atoms with E-state index in [1.807, 2.05) is 0 Å². The van der Waals surface area contributed by atoms with Crippen molar-refractivity contribution in [2.75, 3.05) is 11.9 Å². The predicted octanol–water partition coefficient (Wildman–Crippen LogP) is 3.03. The third kappa shape index (κ3) is 3.43. The maximum atomic E-state index is 12.5. The summed E-state index contributed by atoms with van der Waals surface area (Å²) in [6, 6.07) is 10.4. The van der Waals surface area contributed by atoms with Crippen molar-refractivity contribution in [2.24, 2.45) is 0 Å². The van der Waals surface area contributed by atoms with Crippen LogP contribution in [-0.4, -0.2) is 38.9 Å². The summed E-state index contributed by atoms with van der Waals surface area (Å²) in [4.78, 5) is 12.7. The minimum atomic E-state index is -4.69. The van der Waals surface area contributed by atoms with Crippen LogP contribution in [0, 0.1) is 0 Å². The molecule has 0 saturated carbocycles. The van der Waals surface area contributed by atoms with Gasteiger partial charge >= 0.3 is 6.18 Å². The first-order chi connectivity index (χ1) is 11.4. The third-order valence-corrected chi connectivity index (χ3v) is 3.36. The van der Waals surface area contributed by atoms with E-state index in [9.17, 15) is 13.2 Å². The van der Waals surface area contributed by atoms with Crippen molar-refractivity contribution in [2.45, 2.75) is 12.3 Å². The lowest BCUT2D eigenvalue weighted by Crippen LogP contribution is -2.35.